The van der Waals surface area contributed by atoms with E-state index in [-0.39, 0.29) is 282 Å². The predicted octanol–water partition coefficient (Wildman–Crippen LogP) is 0.646. The Bertz CT molecular complexity index is 4130. The van der Waals surface area contributed by atoms with Gasteiger partial charge in [-0.3, -0.25) is 0 Å². The van der Waals surface area contributed by atoms with Gasteiger partial charge in [-0.2, -0.15) is 49.0 Å². The minimum atomic E-state index is -1.29. The summed E-state index contributed by atoms with van der Waals surface area (Å²) in [7, 11) is 3.27. The third-order valence-electron chi connectivity index (χ3n) is 18.3. The van der Waals surface area contributed by atoms with Gasteiger partial charge in [-0.05, 0) is 145 Å². The minimum absolute atomic E-state index is 0. The molecule has 0 atom stereocenters. The number of benzene rings is 8. The zero-order chi connectivity index (χ0) is 83.1. The van der Waals surface area contributed by atoms with Crippen LogP contribution in [-0.4, -0.2) is 230 Å². The zero-order valence-corrected chi connectivity index (χ0v) is 89.5. The summed E-state index contributed by atoms with van der Waals surface area (Å²) < 4.78 is 69.1. The number of rotatable bonds is 42. The summed E-state index contributed by atoms with van der Waals surface area (Å²) in [5, 5.41) is 45.5. The summed E-state index contributed by atoms with van der Waals surface area (Å²) in [6.45, 7) is 25.4. The fourth-order valence-corrected chi connectivity index (χ4v) is 13.3. The number of fused-ring (bicyclic) bond motifs is 6. The first-order valence-electron chi connectivity index (χ1n) is 37.9. The van der Waals surface area contributed by atoms with Crippen molar-refractivity contribution >= 4 is 24.2 Å². The van der Waals surface area contributed by atoms with Crippen LogP contribution in [-0.2, 0) is 88.5 Å². The largest absolute Gasteiger partial charge is 1.00 e. The Labute approximate surface area is 870 Å². The SMILES string of the molecule is CCOC(=O)c1cc(C2(c3ccc(C)c(CC)c3)c3cc(C)ccc3-c3ccc(C)cc32)ccc1OCCOCCOCCOC.COCCOCCOCCOc1ccc(C2(c3c[c-]c(C)cc3)c3cc(C)ccc3-c3ccc(C)cc32)cc1C(=O)[O-].O=C=O.O=C=O.OCCOCCOCCO.OCCOCCOCCO.[Cs+].[Cs+].[Cs+].[OH-]. The monoisotopic (exact) mass is 1990 g/mol. The molecule has 0 radical (unpaired) electrons. The Balaban J connectivity index is 0.000000886. The van der Waals surface area contributed by atoms with Gasteiger partial charge in [-0.1, -0.05) is 139 Å². The van der Waals surface area contributed by atoms with Crippen LogP contribution in [0.1, 0.15) is 118 Å². The van der Waals surface area contributed by atoms with Gasteiger partial charge in [-0.25, -0.2) is 4.79 Å². The topological polar surface area (TPSA) is 356 Å². The molecule has 0 fully saturated rings. The average Bonchev–Trinajstić information content (AvgIpc) is 1.54. The molecule has 0 unspecified atom stereocenters. The van der Waals surface area contributed by atoms with E-state index in [4.69, 9.17) is 101 Å². The Kier molecular flexibility index (Phi) is 61.4. The molecule has 2 aliphatic rings. The first-order chi connectivity index (χ1) is 55.4. The molecule has 0 aromatic heterocycles. The number of aliphatic hydroxyl groups is 4. The van der Waals surface area contributed by atoms with Crippen molar-refractivity contribution < 1.29 is 328 Å². The van der Waals surface area contributed by atoms with Crippen molar-refractivity contribution in [1.29, 1.82) is 0 Å². The Hall–Kier alpha value is -3.38. The van der Waals surface area contributed by atoms with E-state index in [9.17, 15) is 14.7 Å². The summed E-state index contributed by atoms with van der Waals surface area (Å²) in [5.74, 6) is -0.984. The maximum Gasteiger partial charge on any atom is 1.00 e. The fraction of sp³-hybridized carbons (Fsp3) is 0.422. The number of ether oxygens (including phenoxy) is 13. The summed E-state index contributed by atoms with van der Waals surface area (Å²) in [6.07, 6.45) is 1.43. The maximum atomic E-state index is 13.5. The molecular formula is C90H111Cs3O25. The van der Waals surface area contributed by atoms with Crippen LogP contribution in [0, 0.1) is 47.6 Å². The number of esters is 1. The molecule has 2 aliphatic carbocycles. The number of carbonyl (C=O) groups is 2. The van der Waals surface area contributed by atoms with Crippen molar-refractivity contribution in [3.63, 3.8) is 0 Å². The number of carboxylic acid groups (broad SMARTS) is 1. The minimum Gasteiger partial charge on any atom is -0.870 e. The van der Waals surface area contributed by atoms with Crippen molar-refractivity contribution in [2.24, 2.45) is 0 Å². The van der Waals surface area contributed by atoms with Crippen molar-refractivity contribution in [1.82, 2.24) is 0 Å². The molecule has 0 aliphatic heterocycles. The van der Waals surface area contributed by atoms with Gasteiger partial charge in [0.05, 0.1) is 163 Å². The van der Waals surface area contributed by atoms with E-state index < -0.39 is 22.8 Å². The second kappa shape index (κ2) is 64.4. The number of aromatic carboxylic acids is 1. The van der Waals surface area contributed by atoms with E-state index in [1.54, 1.807) is 26.4 Å². The zero-order valence-electron chi connectivity index (χ0n) is 70.6. The first-order valence-corrected chi connectivity index (χ1v) is 37.9. The van der Waals surface area contributed by atoms with Crippen LogP contribution in [0.2, 0.25) is 0 Å². The van der Waals surface area contributed by atoms with Crippen LogP contribution < -0.4 is 221 Å². The van der Waals surface area contributed by atoms with Gasteiger partial charge in [0.2, 0.25) is 0 Å². The molecule has 0 heterocycles. The van der Waals surface area contributed by atoms with Crippen molar-refractivity contribution in [3.8, 4) is 33.8 Å². The molecule has 118 heavy (non-hydrogen) atoms. The molecule has 0 amide bonds. The van der Waals surface area contributed by atoms with E-state index in [1.807, 2.05) is 38.1 Å². The van der Waals surface area contributed by atoms with Crippen LogP contribution in [0.5, 0.6) is 11.5 Å². The standard InChI is InChI=1S/C40H46O6.C36H37O6.2C6H14O4.2CO2.3Cs.H2O/c1-7-30-25-31(12-11-29(30)5)40(36-23-27(3)9-14-33(36)34-15-10-28(4)24-37(34)40)32-13-16-38(35(26-32)39(41)45-8-2)46-22-21-44-20-19-43-18-17-42-6;1-24-5-9-27(10-6-24)36(32-21-25(2)7-12-29(32)30-13-8-26(3)22-33(30)36)28-11-14-34(31(23-28)35(37)38)42-20-19-41-18-17-40-16-15-39-4;2*7-1-3-9-5-6-10-4-2-8;2*2-1-3;;;;/h9-16,23-26H,7-8,17-22H2,1-6H3;5,7-14,21-23H,15-20H2,1-4H3,(H,37,38);2*7-8H,1-6H2;;;;;;1H2/q;-1;;;;;3*+1;/p-2. The number of aryl methyl sites for hydroxylation is 7. The molecule has 8 aromatic rings. The number of hydrogen-bond acceptors (Lipinski definition) is 25. The number of hydrogen-bond donors (Lipinski definition) is 4. The molecule has 10 rings (SSSR count). The maximum absolute atomic E-state index is 13.5. The second-order valence-corrected chi connectivity index (χ2v) is 26.0. The molecule has 0 saturated heterocycles. The normalized spacial score (nSPS) is 11.5. The third kappa shape index (κ3) is 34.2. The van der Waals surface area contributed by atoms with Gasteiger partial charge in [-0.15, -0.1) is 5.56 Å². The number of carbonyl (C=O) groups excluding carboxylic acids is 6. The van der Waals surface area contributed by atoms with Gasteiger partial charge in [0.25, 0.3) is 0 Å². The number of aliphatic hydroxyl groups excluding tert-OH is 4. The Morgan fingerprint density at radius 2 is 0.695 bits per heavy atom. The fourth-order valence-electron chi connectivity index (χ4n) is 13.3. The molecule has 0 spiro atoms. The van der Waals surface area contributed by atoms with Gasteiger partial charge >= 0.3 is 225 Å². The molecule has 28 heteroatoms. The van der Waals surface area contributed by atoms with Crippen LogP contribution in [0.3, 0.4) is 0 Å². The molecule has 25 nitrogen and oxygen atoms in total. The van der Waals surface area contributed by atoms with Gasteiger partial charge in [0.15, 0.2) is 0 Å². The number of methoxy groups -OCH3 is 2. The second-order valence-electron chi connectivity index (χ2n) is 26.0. The third-order valence-corrected chi connectivity index (χ3v) is 18.3. The van der Waals surface area contributed by atoms with Gasteiger partial charge in [0, 0.05) is 25.2 Å². The molecule has 8 aromatic carbocycles. The Morgan fingerprint density at radius 1 is 0.390 bits per heavy atom. The predicted molar refractivity (Wildman–Crippen MR) is 426 cm³/mol. The van der Waals surface area contributed by atoms with Crippen LogP contribution in [0.4, 0.5) is 0 Å². The van der Waals surface area contributed by atoms with Crippen molar-refractivity contribution in [2.45, 2.75) is 72.6 Å². The molecule has 5 N–H and O–H groups in total. The smallest absolute Gasteiger partial charge is 0.870 e. The van der Waals surface area contributed by atoms with E-state index in [0.717, 1.165) is 62.1 Å². The average molecular weight is 1990 g/mol. The molecule has 624 valence electrons. The number of carboxylic acids is 1. The summed E-state index contributed by atoms with van der Waals surface area (Å²) in [6, 6.07) is 54.3. The molecule has 0 bridgehead atoms. The van der Waals surface area contributed by atoms with E-state index in [2.05, 4.69) is 157 Å². The van der Waals surface area contributed by atoms with E-state index in [0.29, 0.717) is 130 Å². The van der Waals surface area contributed by atoms with Gasteiger partial charge < -0.3 is 97.4 Å². The van der Waals surface area contributed by atoms with Crippen LogP contribution >= 0.6 is 0 Å². The van der Waals surface area contributed by atoms with Crippen LogP contribution in [0.15, 0.2) is 146 Å². The summed E-state index contributed by atoms with van der Waals surface area (Å²) >= 11 is 0. The van der Waals surface area contributed by atoms with E-state index >= 15 is 0 Å². The molecule has 0 saturated carbocycles. The summed E-state index contributed by atoms with van der Waals surface area (Å²) in [5.41, 5.74) is 20.6. The van der Waals surface area contributed by atoms with Gasteiger partial charge in [0.1, 0.15) is 30.3 Å². The van der Waals surface area contributed by atoms with Crippen molar-refractivity contribution in [3.05, 3.63) is 246 Å². The molecular weight excluding hydrogens is 1880 g/mol. The van der Waals surface area contributed by atoms with E-state index in [1.165, 1.54) is 50.1 Å². The Morgan fingerprint density at radius 3 is 1.02 bits per heavy atom. The summed E-state index contributed by atoms with van der Waals surface area (Å²) in [4.78, 5) is 58.5. The first kappa shape index (κ1) is 113. The van der Waals surface area contributed by atoms with Crippen molar-refractivity contribution in [2.75, 3.05) is 179 Å². The van der Waals surface area contributed by atoms with Crippen LogP contribution in [0.25, 0.3) is 22.3 Å². The quantitative estimate of drug-likeness (QED) is 0.0232.